The maximum atomic E-state index is 13.8. The average molecular weight is 500 g/mol. The number of hydrogen-bond acceptors (Lipinski definition) is 3. The first kappa shape index (κ1) is 25.4. The van der Waals surface area contributed by atoms with Gasteiger partial charge in [0.1, 0.15) is 23.3 Å². The first-order chi connectivity index (χ1) is 17.2. The predicted octanol–water partition coefficient (Wildman–Crippen LogP) is 5.41. The van der Waals surface area contributed by atoms with E-state index >= 15 is 0 Å². The number of anilines is 1. The molecule has 3 aromatic carbocycles. The number of benzene rings is 3. The first-order valence-electron chi connectivity index (χ1n) is 11.6. The zero-order valence-electron chi connectivity index (χ0n) is 19.3. The predicted molar refractivity (Wildman–Crippen MR) is 127 cm³/mol. The highest BCUT2D eigenvalue weighted by molar-refractivity contribution is 6.04. The molecule has 0 atom stereocenters. The lowest BCUT2D eigenvalue weighted by Gasteiger charge is -2.36. The molecular formula is C27H25F4N3O2. The number of rotatable bonds is 6. The van der Waals surface area contributed by atoms with E-state index in [1.165, 1.54) is 0 Å². The van der Waals surface area contributed by atoms with Gasteiger partial charge in [-0.05, 0) is 67.6 Å². The Bertz CT molecular complexity index is 1220. The number of carbonyl (C=O) groups excluding carboxylic acids is 2. The van der Waals surface area contributed by atoms with Gasteiger partial charge in [-0.2, -0.15) is 0 Å². The minimum atomic E-state index is -0.859. The molecule has 1 aliphatic rings. The maximum Gasteiger partial charge on any atom is 0.255 e. The van der Waals surface area contributed by atoms with Crippen molar-refractivity contribution in [2.75, 3.05) is 5.32 Å². The first-order valence-corrected chi connectivity index (χ1v) is 11.6. The molecule has 0 radical (unpaired) electrons. The second-order valence-corrected chi connectivity index (χ2v) is 8.97. The second kappa shape index (κ2) is 10.9. The summed E-state index contributed by atoms with van der Waals surface area (Å²) in [5.41, 5.74) is 6.89. The topological polar surface area (TPSA) is 75.4 Å². The van der Waals surface area contributed by atoms with Crippen molar-refractivity contribution in [3.63, 3.8) is 0 Å². The number of carbonyl (C=O) groups is 2. The van der Waals surface area contributed by atoms with Gasteiger partial charge in [0.05, 0.1) is 0 Å². The molecule has 0 aromatic heterocycles. The molecule has 4 rings (SSSR count). The standard InChI is InChI=1S/C27H25F4N3O2/c28-19-9-17(10-20(29)13-19)26(35)33-24-5-1-16(2-6-24)15-34(25-7-3-23(32)4-8-25)27(36)18-11-21(30)14-22(31)12-18/h1-2,5-6,9-14,23,25H,3-4,7-8,15,32H2,(H,33,35). The summed E-state index contributed by atoms with van der Waals surface area (Å²) >= 11 is 0. The van der Waals surface area contributed by atoms with Crippen molar-refractivity contribution in [3.05, 3.63) is 101 Å². The molecule has 188 valence electrons. The van der Waals surface area contributed by atoms with E-state index in [9.17, 15) is 27.2 Å². The Balaban J connectivity index is 1.51. The highest BCUT2D eigenvalue weighted by Crippen LogP contribution is 2.26. The van der Waals surface area contributed by atoms with Gasteiger partial charge >= 0.3 is 0 Å². The third-order valence-electron chi connectivity index (χ3n) is 6.24. The minimum absolute atomic E-state index is 0.0549. The van der Waals surface area contributed by atoms with E-state index in [0.717, 1.165) is 42.7 Å². The van der Waals surface area contributed by atoms with Crippen molar-refractivity contribution in [1.82, 2.24) is 4.90 Å². The van der Waals surface area contributed by atoms with Gasteiger partial charge in [-0.25, -0.2) is 17.6 Å². The largest absolute Gasteiger partial charge is 0.331 e. The fourth-order valence-electron chi connectivity index (χ4n) is 4.40. The third kappa shape index (κ3) is 6.28. The minimum Gasteiger partial charge on any atom is -0.331 e. The van der Waals surface area contributed by atoms with Crippen LogP contribution in [0.15, 0.2) is 60.7 Å². The summed E-state index contributed by atoms with van der Waals surface area (Å²) in [6.45, 7) is 0.181. The molecule has 5 nitrogen and oxygen atoms in total. The molecule has 2 amide bonds. The molecule has 0 heterocycles. The maximum absolute atomic E-state index is 13.8. The van der Waals surface area contributed by atoms with Crippen LogP contribution in [0.1, 0.15) is 52.0 Å². The highest BCUT2D eigenvalue weighted by atomic mass is 19.1. The monoisotopic (exact) mass is 499 g/mol. The molecule has 1 fully saturated rings. The van der Waals surface area contributed by atoms with Crippen LogP contribution in [0.25, 0.3) is 0 Å². The van der Waals surface area contributed by atoms with Gasteiger partial charge in [0.2, 0.25) is 0 Å². The molecule has 0 aliphatic heterocycles. The molecule has 0 spiro atoms. The van der Waals surface area contributed by atoms with E-state index in [-0.39, 0.29) is 29.8 Å². The summed E-state index contributed by atoms with van der Waals surface area (Å²) in [6, 6.07) is 11.8. The zero-order valence-corrected chi connectivity index (χ0v) is 19.3. The fourth-order valence-corrected chi connectivity index (χ4v) is 4.40. The molecule has 9 heteroatoms. The van der Waals surface area contributed by atoms with E-state index in [1.807, 2.05) is 0 Å². The molecule has 36 heavy (non-hydrogen) atoms. The normalized spacial score (nSPS) is 17.5. The summed E-state index contributed by atoms with van der Waals surface area (Å²) in [4.78, 5) is 27.2. The Hall–Kier alpha value is -3.72. The number of amides is 2. The van der Waals surface area contributed by atoms with Crippen LogP contribution >= 0.6 is 0 Å². The molecule has 1 aliphatic carbocycles. The van der Waals surface area contributed by atoms with E-state index in [2.05, 4.69) is 5.32 Å². The Morgan fingerprint density at radius 3 is 1.81 bits per heavy atom. The van der Waals surface area contributed by atoms with Crippen LogP contribution in [0.3, 0.4) is 0 Å². The summed E-state index contributed by atoms with van der Waals surface area (Å²) in [5.74, 6) is -4.54. The lowest BCUT2D eigenvalue weighted by Crippen LogP contribution is -2.43. The summed E-state index contributed by atoms with van der Waals surface area (Å²) in [6.07, 6.45) is 2.81. The summed E-state index contributed by atoms with van der Waals surface area (Å²) in [7, 11) is 0. The van der Waals surface area contributed by atoms with Crippen LogP contribution < -0.4 is 11.1 Å². The second-order valence-electron chi connectivity index (χ2n) is 8.97. The Labute approximate surface area is 205 Å². The van der Waals surface area contributed by atoms with E-state index in [1.54, 1.807) is 29.2 Å². The molecule has 0 unspecified atom stereocenters. The molecule has 1 saturated carbocycles. The number of hydrogen-bond donors (Lipinski definition) is 2. The summed E-state index contributed by atoms with van der Waals surface area (Å²) in [5, 5.41) is 2.57. The number of nitrogens with one attached hydrogen (secondary N) is 1. The van der Waals surface area contributed by atoms with Crippen molar-refractivity contribution < 1.29 is 27.2 Å². The van der Waals surface area contributed by atoms with E-state index < -0.39 is 35.1 Å². The quantitative estimate of drug-likeness (QED) is 0.446. The van der Waals surface area contributed by atoms with Crippen LogP contribution in [0.2, 0.25) is 0 Å². The Morgan fingerprint density at radius 1 is 0.778 bits per heavy atom. The van der Waals surface area contributed by atoms with Crippen LogP contribution in [-0.2, 0) is 6.54 Å². The van der Waals surface area contributed by atoms with Gasteiger partial charge in [0, 0.05) is 47.6 Å². The third-order valence-corrected chi connectivity index (χ3v) is 6.24. The number of halogens is 4. The Kier molecular flexibility index (Phi) is 7.69. The van der Waals surface area contributed by atoms with Crippen LogP contribution in [0, 0.1) is 23.3 Å². The number of nitrogens with two attached hydrogens (primary N) is 1. The molecule has 3 N–H and O–H groups in total. The van der Waals surface area contributed by atoms with Crippen LogP contribution in [0.5, 0.6) is 0 Å². The lowest BCUT2D eigenvalue weighted by molar-refractivity contribution is 0.0605. The van der Waals surface area contributed by atoms with Crippen molar-refractivity contribution in [2.24, 2.45) is 5.73 Å². The lowest BCUT2D eigenvalue weighted by atomic mass is 9.90. The summed E-state index contributed by atoms with van der Waals surface area (Å²) < 4.78 is 54.4. The van der Waals surface area contributed by atoms with Gasteiger partial charge in [-0.3, -0.25) is 9.59 Å². The average Bonchev–Trinajstić information content (AvgIpc) is 2.82. The van der Waals surface area contributed by atoms with Crippen molar-refractivity contribution in [2.45, 2.75) is 44.3 Å². The zero-order chi connectivity index (χ0) is 25.8. The number of nitrogens with zero attached hydrogens (tertiary/aromatic N) is 1. The van der Waals surface area contributed by atoms with Crippen molar-refractivity contribution in [1.29, 1.82) is 0 Å². The van der Waals surface area contributed by atoms with Crippen LogP contribution in [0.4, 0.5) is 23.2 Å². The molecule has 0 bridgehead atoms. The smallest absolute Gasteiger partial charge is 0.255 e. The van der Waals surface area contributed by atoms with Crippen molar-refractivity contribution >= 4 is 17.5 Å². The molecule has 3 aromatic rings. The van der Waals surface area contributed by atoms with Gasteiger partial charge < -0.3 is 16.0 Å². The van der Waals surface area contributed by atoms with Crippen molar-refractivity contribution in [3.8, 4) is 0 Å². The molecular weight excluding hydrogens is 474 g/mol. The van der Waals surface area contributed by atoms with Gasteiger partial charge in [-0.1, -0.05) is 12.1 Å². The van der Waals surface area contributed by atoms with E-state index in [4.69, 9.17) is 5.73 Å². The molecule has 0 saturated heterocycles. The SMILES string of the molecule is NC1CCC(N(Cc2ccc(NC(=O)c3cc(F)cc(F)c3)cc2)C(=O)c2cc(F)cc(F)c2)CC1. The van der Waals surface area contributed by atoms with E-state index in [0.29, 0.717) is 30.7 Å². The fraction of sp³-hybridized carbons (Fsp3) is 0.259. The highest BCUT2D eigenvalue weighted by Gasteiger charge is 2.29. The van der Waals surface area contributed by atoms with Gasteiger partial charge in [0.15, 0.2) is 0 Å². The van der Waals surface area contributed by atoms with Crippen LogP contribution in [-0.4, -0.2) is 28.8 Å². The van der Waals surface area contributed by atoms with Gasteiger partial charge in [0.25, 0.3) is 11.8 Å². The van der Waals surface area contributed by atoms with Gasteiger partial charge in [-0.15, -0.1) is 0 Å². The Morgan fingerprint density at radius 2 is 1.28 bits per heavy atom.